The minimum atomic E-state index is 0.374. The highest BCUT2D eigenvalue weighted by molar-refractivity contribution is 6.32. The van der Waals surface area contributed by atoms with Gasteiger partial charge in [0, 0.05) is 31.4 Å². The molecule has 1 N–H and O–H groups in total. The topological polar surface area (TPSA) is 47.7 Å². The first-order valence-electron chi connectivity index (χ1n) is 5.95. The molecule has 2 rings (SSSR count). The van der Waals surface area contributed by atoms with E-state index in [0.29, 0.717) is 17.7 Å². The fourth-order valence-electron chi connectivity index (χ4n) is 1.69. The molecule has 0 bridgehead atoms. The number of aromatic nitrogens is 4. The van der Waals surface area contributed by atoms with Crippen molar-refractivity contribution in [2.75, 3.05) is 5.32 Å². The molecule has 0 fully saturated rings. The molecule has 2 aromatic rings. The first-order chi connectivity index (χ1) is 8.49. The van der Waals surface area contributed by atoms with Crippen LogP contribution in [0.25, 0.3) is 0 Å². The second-order valence-corrected chi connectivity index (χ2v) is 5.00. The standard InChI is InChI=1S/C12H18ClN5/c1-8(2)18-7-10(9(3)16-18)5-14-11-6-15-17(4)12(11)13/h6-8,14H,5H2,1-4H3. The van der Waals surface area contributed by atoms with E-state index >= 15 is 0 Å². The zero-order valence-corrected chi connectivity index (χ0v) is 11.9. The van der Waals surface area contributed by atoms with Gasteiger partial charge in [-0.1, -0.05) is 11.6 Å². The lowest BCUT2D eigenvalue weighted by Crippen LogP contribution is -2.01. The van der Waals surface area contributed by atoms with E-state index in [2.05, 4.69) is 35.6 Å². The zero-order valence-electron chi connectivity index (χ0n) is 11.1. The number of nitrogens with zero attached hydrogens (tertiary/aromatic N) is 4. The van der Waals surface area contributed by atoms with Crippen LogP contribution in [0.5, 0.6) is 0 Å². The first kappa shape index (κ1) is 13.0. The number of rotatable bonds is 4. The van der Waals surface area contributed by atoms with E-state index in [1.807, 2.05) is 18.7 Å². The van der Waals surface area contributed by atoms with Gasteiger partial charge in [-0.2, -0.15) is 10.2 Å². The van der Waals surface area contributed by atoms with Crippen molar-refractivity contribution in [1.29, 1.82) is 0 Å². The van der Waals surface area contributed by atoms with Crippen molar-refractivity contribution in [3.05, 3.63) is 28.8 Å². The molecule has 98 valence electrons. The van der Waals surface area contributed by atoms with Gasteiger partial charge in [-0.15, -0.1) is 0 Å². The SMILES string of the molecule is Cc1nn(C(C)C)cc1CNc1cnn(C)c1Cl. The van der Waals surface area contributed by atoms with Gasteiger partial charge in [0.1, 0.15) is 5.15 Å². The Balaban J connectivity index is 2.08. The summed E-state index contributed by atoms with van der Waals surface area (Å²) in [7, 11) is 1.82. The zero-order chi connectivity index (χ0) is 13.3. The number of aryl methyl sites for hydroxylation is 2. The average Bonchev–Trinajstić information content (AvgIpc) is 2.83. The Morgan fingerprint density at radius 1 is 1.44 bits per heavy atom. The number of hydrogen-bond acceptors (Lipinski definition) is 3. The Morgan fingerprint density at radius 3 is 2.67 bits per heavy atom. The largest absolute Gasteiger partial charge is 0.377 e. The summed E-state index contributed by atoms with van der Waals surface area (Å²) in [6, 6.07) is 0.374. The predicted octanol–water partition coefficient (Wildman–Crippen LogP) is 2.77. The molecule has 0 amide bonds. The third-order valence-corrected chi connectivity index (χ3v) is 3.33. The minimum Gasteiger partial charge on any atom is -0.377 e. The van der Waals surface area contributed by atoms with Crippen molar-refractivity contribution in [1.82, 2.24) is 19.6 Å². The molecule has 18 heavy (non-hydrogen) atoms. The van der Waals surface area contributed by atoms with Crippen molar-refractivity contribution in [3.8, 4) is 0 Å². The monoisotopic (exact) mass is 267 g/mol. The molecule has 0 aromatic carbocycles. The number of hydrogen-bond donors (Lipinski definition) is 1. The van der Waals surface area contributed by atoms with E-state index in [1.54, 1.807) is 10.9 Å². The van der Waals surface area contributed by atoms with Gasteiger partial charge < -0.3 is 5.32 Å². The summed E-state index contributed by atoms with van der Waals surface area (Å²) >= 11 is 6.09. The molecule has 0 aliphatic heterocycles. The summed E-state index contributed by atoms with van der Waals surface area (Å²) in [5.74, 6) is 0. The van der Waals surface area contributed by atoms with Gasteiger partial charge in [0.25, 0.3) is 0 Å². The molecule has 2 aromatic heterocycles. The van der Waals surface area contributed by atoms with Crippen LogP contribution in [-0.2, 0) is 13.6 Å². The highest BCUT2D eigenvalue weighted by Crippen LogP contribution is 2.21. The molecule has 0 atom stereocenters. The third-order valence-electron chi connectivity index (χ3n) is 2.88. The molecule has 6 heteroatoms. The van der Waals surface area contributed by atoms with E-state index in [1.165, 1.54) is 5.56 Å². The summed E-state index contributed by atoms with van der Waals surface area (Å²) < 4.78 is 3.60. The van der Waals surface area contributed by atoms with E-state index < -0.39 is 0 Å². The van der Waals surface area contributed by atoms with Gasteiger partial charge in [0.2, 0.25) is 0 Å². The van der Waals surface area contributed by atoms with Crippen molar-refractivity contribution in [2.24, 2.45) is 7.05 Å². The summed E-state index contributed by atoms with van der Waals surface area (Å²) in [5, 5.41) is 12.4. The van der Waals surface area contributed by atoms with Crippen molar-refractivity contribution < 1.29 is 0 Å². The second kappa shape index (κ2) is 5.02. The first-order valence-corrected chi connectivity index (χ1v) is 6.33. The summed E-state index contributed by atoms with van der Waals surface area (Å²) in [6.07, 6.45) is 3.79. The van der Waals surface area contributed by atoms with Crippen LogP contribution < -0.4 is 5.32 Å². The lowest BCUT2D eigenvalue weighted by Gasteiger charge is -2.04. The van der Waals surface area contributed by atoms with Gasteiger partial charge in [-0.25, -0.2) is 0 Å². The van der Waals surface area contributed by atoms with E-state index in [-0.39, 0.29) is 0 Å². The fourth-order valence-corrected chi connectivity index (χ4v) is 1.85. The van der Waals surface area contributed by atoms with Crippen LogP contribution in [0.3, 0.4) is 0 Å². The molecule has 0 aliphatic carbocycles. The van der Waals surface area contributed by atoms with Gasteiger partial charge in [-0.05, 0) is 20.8 Å². The number of nitrogens with one attached hydrogen (secondary N) is 1. The normalized spacial score (nSPS) is 11.2. The molecule has 0 saturated heterocycles. The Morgan fingerprint density at radius 2 is 2.17 bits per heavy atom. The number of halogens is 1. The van der Waals surface area contributed by atoms with Crippen LogP contribution in [-0.4, -0.2) is 19.6 Å². The average molecular weight is 268 g/mol. The van der Waals surface area contributed by atoms with Crippen LogP contribution in [0, 0.1) is 6.92 Å². The maximum Gasteiger partial charge on any atom is 0.149 e. The lowest BCUT2D eigenvalue weighted by molar-refractivity contribution is 0.529. The van der Waals surface area contributed by atoms with Crippen LogP contribution in [0.2, 0.25) is 5.15 Å². The van der Waals surface area contributed by atoms with Crippen molar-refractivity contribution in [3.63, 3.8) is 0 Å². The fraction of sp³-hybridized carbons (Fsp3) is 0.500. The third kappa shape index (κ3) is 2.51. The molecule has 5 nitrogen and oxygen atoms in total. The molecule has 0 radical (unpaired) electrons. The summed E-state index contributed by atoms with van der Waals surface area (Å²) in [6.45, 7) is 6.94. The summed E-state index contributed by atoms with van der Waals surface area (Å²) in [5.41, 5.74) is 3.05. The van der Waals surface area contributed by atoms with Gasteiger partial charge >= 0.3 is 0 Å². The molecule has 0 unspecified atom stereocenters. The van der Waals surface area contributed by atoms with Crippen LogP contribution in [0.1, 0.15) is 31.1 Å². The maximum absolute atomic E-state index is 6.09. The van der Waals surface area contributed by atoms with Crippen LogP contribution >= 0.6 is 11.6 Å². The molecule has 0 saturated carbocycles. The van der Waals surface area contributed by atoms with Crippen molar-refractivity contribution in [2.45, 2.75) is 33.4 Å². The van der Waals surface area contributed by atoms with Gasteiger partial charge in [-0.3, -0.25) is 9.36 Å². The Labute approximate surface area is 112 Å². The Hall–Kier alpha value is -1.49. The summed E-state index contributed by atoms with van der Waals surface area (Å²) in [4.78, 5) is 0. The van der Waals surface area contributed by atoms with E-state index in [0.717, 1.165) is 11.4 Å². The quantitative estimate of drug-likeness (QED) is 0.927. The Kier molecular flexibility index (Phi) is 3.61. The van der Waals surface area contributed by atoms with E-state index in [9.17, 15) is 0 Å². The molecular weight excluding hydrogens is 250 g/mol. The lowest BCUT2D eigenvalue weighted by atomic mass is 10.2. The van der Waals surface area contributed by atoms with Gasteiger partial charge in [0.05, 0.1) is 17.6 Å². The molecule has 2 heterocycles. The molecule has 0 aliphatic rings. The maximum atomic E-state index is 6.09. The minimum absolute atomic E-state index is 0.374. The number of anilines is 1. The highest BCUT2D eigenvalue weighted by Gasteiger charge is 2.09. The smallest absolute Gasteiger partial charge is 0.149 e. The van der Waals surface area contributed by atoms with Gasteiger partial charge in [0.15, 0.2) is 0 Å². The second-order valence-electron chi connectivity index (χ2n) is 4.64. The highest BCUT2D eigenvalue weighted by atomic mass is 35.5. The molecule has 0 spiro atoms. The van der Waals surface area contributed by atoms with Crippen LogP contribution in [0.4, 0.5) is 5.69 Å². The Bertz CT molecular complexity index is 541. The molecular formula is C12H18ClN5. The van der Waals surface area contributed by atoms with Crippen molar-refractivity contribution >= 4 is 17.3 Å². The van der Waals surface area contributed by atoms with E-state index in [4.69, 9.17) is 11.6 Å². The van der Waals surface area contributed by atoms with Crippen LogP contribution in [0.15, 0.2) is 12.4 Å². The predicted molar refractivity (Wildman–Crippen MR) is 72.9 cm³/mol.